The van der Waals surface area contributed by atoms with Gasteiger partial charge in [0.2, 0.25) is 0 Å². The summed E-state index contributed by atoms with van der Waals surface area (Å²) in [6.45, 7) is 3.45. The number of carbonyl (C=O) groups excluding carboxylic acids is 1. The summed E-state index contributed by atoms with van der Waals surface area (Å²) in [5, 5.41) is 12.2. The van der Waals surface area contributed by atoms with E-state index in [1.54, 1.807) is 4.90 Å². The number of carbonyl (C=O) groups is 2. The lowest BCUT2D eigenvalue weighted by Crippen LogP contribution is -2.61. The van der Waals surface area contributed by atoms with E-state index < -0.39 is 11.5 Å². The Balaban J connectivity index is 2.04. The maximum absolute atomic E-state index is 12.3. The molecule has 0 bridgehead atoms. The number of hydrogen-bond donors (Lipinski definition) is 2. The maximum Gasteiger partial charge on any atom is 0.329 e. The Labute approximate surface area is 113 Å². The number of nitrogens with one attached hydrogen (secondary N) is 1. The van der Waals surface area contributed by atoms with Gasteiger partial charge in [-0.25, -0.2) is 9.59 Å². The zero-order valence-electron chi connectivity index (χ0n) is 11.4. The van der Waals surface area contributed by atoms with E-state index in [-0.39, 0.29) is 12.1 Å². The van der Waals surface area contributed by atoms with Crippen molar-refractivity contribution in [1.29, 1.82) is 0 Å². The third-order valence-corrected chi connectivity index (χ3v) is 4.09. The number of urea groups is 1. The van der Waals surface area contributed by atoms with Crippen LogP contribution in [0.25, 0.3) is 0 Å². The lowest BCUT2D eigenvalue weighted by atomic mass is 9.82. The number of carboxylic acids is 1. The standard InChI is InChI=1S/C13H22N2O4/c1-10-9-19-8-7-15(10)12(18)14-13(11(16)17)5-3-2-4-6-13/h10H,2-9H2,1H3,(H,14,18)(H,16,17). The molecule has 1 saturated carbocycles. The molecule has 2 fully saturated rings. The number of nitrogens with zero attached hydrogens (tertiary/aromatic N) is 1. The van der Waals surface area contributed by atoms with Gasteiger partial charge in [-0.05, 0) is 19.8 Å². The molecule has 2 aliphatic rings. The Bertz CT molecular complexity index is 353. The van der Waals surface area contributed by atoms with E-state index in [0.717, 1.165) is 19.3 Å². The van der Waals surface area contributed by atoms with Crippen LogP contribution in [0.2, 0.25) is 0 Å². The normalized spacial score (nSPS) is 26.8. The van der Waals surface area contributed by atoms with E-state index in [2.05, 4.69) is 5.32 Å². The molecule has 0 radical (unpaired) electrons. The molecule has 19 heavy (non-hydrogen) atoms. The Hall–Kier alpha value is -1.30. The minimum atomic E-state index is -1.08. The second kappa shape index (κ2) is 5.77. The number of hydrogen-bond acceptors (Lipinski definition) is 3. The first-order valence-electron chi connectivity index (χ1n) is 6.95. The van der Waals surface area contributed by atoms with E-state index in [9.17, 15) is 14.7 Å². The molecular weight excluding hydrogens is 248 g/mol. The van der Waals surface area contributed by atoms with Crippen LogP contribution in [-0.4, -0.2) is 53.3 Å². The fourth-order valence-corrected chi connectivity index (χ4v) is 2.85. The van der Waals surface area contributed by atoms with Gasteiger partial charge in [-0.15, -0.1) is 0 Å². The molecule has 2 amide bonds. The van der Waals surface area contributed by atoms with Crippen molar-refractivity contribution >= 4 is 12.0 Å². The second-order valence-electron chi connectivity index (χ2n) is 5.50. The number of carboxylic acid groups (broad SMARTS) is 1. The summed E-state index contributed by atoms with van der Waals surface area (Å²) < 4.78 is 5.29. The van der Waals surface area contributed by atoms with Gasteiger partial charge in [0.05, 0.1) is 19.3 Å². The van der Waals surface area contributed by atoms with Crippen LogP contribution in [-0.2, 0) is 9.53 Å². The van der Waals surface area contributed by atoms with Crippen LogP contribution in [0.5, 0.6) is 0 Å². The summed E-state index contributed by atoms with van der Waals surface area (Å²) >= 11 is 0. The molecule has 1 saturated heterocycles. The first kappa shape index (κ1) is 14.1. The van der Waals surface area contributed by atoms with Gasteiger partial charge in [0.25, 0.3) is 0 Å². The van der Waals surface area contributed by atoms with Crippen LogP contribution in [0, 0.1) is 0 Å². The van der Waals surface area contributed by atoms with Crippen LogP contribution in [0.4, 0.5) is 4.79 Å². The Morgan fingerprint density at radius 2 is 2.00 bits per heavy atom. The van der Waals surface area contributed by atoms with Crippen molar-refractivity contribution in [3.05, 3.63) is 0 Å². The third-order valence-electron chi connectivity index (χ3n) is 4.09. The molecule has 1 aliphatic heterocycles. The van der Waals surface area contributed by atoms with Crippen molar-refractivity contribution < 1.29 is 19.4 Å². The van der Waals surface area contributed by atoms with Crippen molar-refractivity contribution in [2.45, 2.75) is 50.6 Å². The maximum atomic E-state index is 12.3. The molecule has 6 heteroatoms. The van der Waals surface area contributed by atoms with Gasteiger partial charge >= 0.3 is 12.0 Å². The van der Waals surface area contributed by atoms with E-state index in [4.69, 9.17) is 4.74 Å². The van der Waals surface area contributed by atoms with Crippen LogP contribution >= 0.6 is 0 Å². The molecule has 0 aromatic carbocycles. The van der Waals surface area contributed by atoms with E-state index in [1.165, 1.54) is 0 Å². The zero-order chi connectivity index (χ0) is 13.9. The molecule has 0 aromatic heterocycles. The molecule has 2 N–H and O–H groups in total. The Kier molecular flexibility index (Phi) is 4.29. The smallest absolute Gasteiger partial charge is 0.329 e. The van der Waals surface area contributed by atoms with Gasteiger partial charge in [0, 0.05) is 6.54 Å². The molecule has 2 rings (SSSR count). The Morgan fingerprint density at radius 3 is 2.58 bits per heavy atom. The van der Waals surface area contributed by atoms with Crippen LogP contribution in [0.1, 0.15) is 39.0 Å². The number of aliphatic carboxylic acids is 1. The van der Waals surface area contributed by atoms with Crippen LogP contribution in [0.15, 0.2) is 0 Å². The topological polar surface area (TPSA) is 78.9 Å². The predicted octanol–water partition coefficient (Wildman–Crippen LogP) is 1.20. The predicted molar refractivity (Wildman–Crippen MR) is 69.0 cm³/mol. The summed E-state index contributed by atoms with van der Waals surface area (Å²) in [7, 11) is 0. The molecule has 1 atom stereocenters. The van der Waals surface area contributed by atoms with Gasteiger partial charge in [0.1, 0.15) is 5.54 Å². The molecule has 0 aromatic rings. The molecular formula is C13H22N2O4. The SMILES string of the molecule is CC1COCCN1C(=O)NC1(C(=O)O)CCCCC1. The highest BCUT2D eigenvalue weighted by molar-refractivity contribution is 5.86. The molecule has 1 unspecified atom stereocenters. The highest BCUT2D eigenvalue weighted by Crippen LogP contribution is 2.29. The molecule has 1 aliphatic carbocycles. The van der Waals surface area contributed by atoms with Crippen molar-refractivity contribution in [3.63, 3.8) is 0 Å². The van der Waals surface area contributed by atoms with Gasteiger partial charge in [-0.1, -0.05) is 19.3 Å². The summed E-state index contributed by atoms with van der Waals surface area (Å²) in [5.74, 6) is -0.915. The lowest BCUT2D eigenvalue weighted by Gasteiger charge is -2.39. The van der Waals surface area contributed by atoms with Gasteiger partial charge in [-0.3, -0.25) is 0 Å². The largest absolute Gasteiger partial charge is 0.480 e. The lowest BCUT2D eigenvalue weighted by molar-refractivity contribution is -0.146. The van der Waals surface area contributed by atoms with Crippen LogP contribution in [0.3, 0.4) is 0 Å². The molecule has 0 spiro atoms. The summed E-state index contributed by atoms with van der Waals surface area (Å²) in [6.07, 6.45) is 3.79. The second-order valence-corrected chi connectivity index (χ2v) is 5.50. The molecule has 108 valence electrons. The quantitative estimate of drug-likeness (QED) is 0.790. The summed E-state index contributed by atoms with van der Waals surface area (Å²) in [6, 6.07) is -0.289. The van der Waals surface area contributed by atoms with E-state index in [0.29, 0.717) is 32.6 Å². The van der Waals surface area contributed by atoms with Crippen molar-refractivity contribution in [1.82, 2.24) is 10.2 Å². The minimum absolute atomic E-state index is 0.0109. The van der Waals surface area contributed by atoms with Gasteiger partial charge in [-0.2, -0.15) is 0 Å². The van der Waals surface area contributed by atoms with Gasteiger partial charge in [0.15, 0.2) is 0 Å². The van der Waals surface area contributed by atoms with Crippen molar-refractivity contribution in [2.75, 3.05) is 19.8 Å². The number of morpholine rings is 1. The average molecular weight is 270 g/mol. The van der Waals surface area contributed by atoms with E-state index in [1.807, 2.05) is 6.92 Å². The minimum Gasteiger partial charge on any atom is -0.480 e. The summed E-state index contributed by atoms with van der Waals surface area (Å²) in [5.41, 5.74) is -1.08. The first-order chi connectivity index (χ1) is 9.05. The van der Waals surface area contributed by atoms with E-state index >= 15 is 0 Å². The van der Waals surface area contributed by atoms with Gasteiger partial charge < -0.3 is 20.1 Å². The van der Waals surface area contributed by atoms with Crippen molar-refractivity contribution in [2.24, 2.45) is 0 Å². The fraction of sp³-hybridized carbons (Fsp3) is 0.846. The Morgan fingerprint density at radius 1 is 1.32 bits per heavy atom. The fourth-order valence-electron chi connectivity index (χ4n) is 2.85. The highest BCUT2D eigenvalue weighted by atomic mass is 16.5. The monoisotopic (exact) mass is 270 g/mol. The molecule has 6 nitrogen and oxygen atoms in total. The first-order valence-corrected chi connectivity index (χ1v) is 6.95. The number of ether oxygens (including phenoxy) is 1. The average Bonchev–Trinajstić information content (AvgIpc) is 2.40. The third kappa shape index (κ3) is 3.00. The highest BCUT2D eigenvalue weighted by Gasteiger charge is 2.42. The van der Waals surface area contributed by atoms with Crippen LogP contribution < -0.4 is 5.32 Å². The molecule has 1 heterocycles. The number of amides is 2. The summed E-state index contributed by atoms with van der Waals surface area (Å²) in [4.78, 5) is 25.5. The zero-order valence-corrected chi connectivity index (χ0v) is 11.4. The van der Waals surface area contributed by atoms with Crippen molar-refractivity contribution in [3.8, 4) is 0 Å². The number of rotatable bonds is 2.